The summed E-state index contributed by atoms with van der Waals surface area (Å²) in [5, 5.41) is 3.52. The molecule has 2 rings (SSSR count). The minimum Gasteiger partial charge on any atom is -0.362 e. The number of aromatic nitrogens is 2. The standard InChI is InChI=1S/C11H15ClIN3/c12-7-11(4-2-1-3-5-11)16-10-9(13)6-14-8-15-10/h6,8H,1-5,7H2,(H,14,15,16). The first-order valence-electron chi connectivity index (χ1n) is 5.55. The predicted molar refractivity (Wildman–Crippen MR) is 74.9 cm³/mol. The fourth-order valence-electron chi connectivity index (χ4n) is 2.18. The Morgan fingerprint density at radius 1 is 1.38 bits per heavy atom. The SMILES string of the molecule is ClCC1(Nc2ncncc2I)CCCCC1. The van der Waals surface area contributed by atoms with Crippen LogP contribution >= 0.6 is 34.2 Å². The lowest BCUT2D eigenvalue weighted by atomic mass is 9.83. The summed E-state index contributed by atoms with van der Waals surface area (Å²) in [6.45, 7) is 0. The fraction of sp³-hybridized carbons (Fsp3) is 0.636. The number of rotatable bonds is 3. The van der Waals surface area contributed by atoms with Crippen molar-refractivity contribution in [2.75, 3.05) is 11.2 Å². The van der Waals surface area contributed by atoms with Gasteiger partial charge in [0.1, 0.15) is 12.1 Å². The largest absolute Gasteiger partial charge is 0.362 e. The highest BCUT2D eigenvalue weighted by molar-refractivity contribution is 14.1. The molecule has 1 aliphatic carbocycles. The molecule has 3 nitrogen and oxygen atoms in total. The van der Waals surface area contributed by atoms with Crippen LogP contribution in [0.2, 0.25) is 0 Å². The molecule has 0 radical (unpaired) electrons. The monoisotopic (exact) mass is 351 g/mol. The normalized spacial score (nSPS) is 19.4. The molecule has 0 saturated heterocycles. The zero-order chi connectivity index (χ0) is 11.4. The zero-order valence-electron chi connectivity index (χ0n) is 9.05. The third-order valence-corrected chi connectivity index (χ3v) is 4.42. The van der Waals surface area contributed by atoms with Gasteiger partial charge in [-0.3, -0.25) is 0 Å². The van der Waals surface area contributed by atoms with E-state index in [4.69, 9.17) is 11.6 Å². The van der Waals surface area contributed by atoms with E-state index in [1.807, 2.05) is 6.20 Å². The van der Waals surface area contributed by atoms with Crippen molar-refractivity contribution in [2.45, 2.75) is 37.6 Å². The van der Waals surface area contributed by atoms with Gasteiger partial charge in [0.25, 0.3) is 0 Å². The van der Waals surface area contributed by atoms with E-state index in [2.05, 4.69) is 37.9 Å². The molecule has 1 saturated carbocycles. The summed E-state index contributed by atoms with van der Waals surface area (Å²) in [6.07, 6.45) is 9.49. The Morgan fingerprint density at radius 3 is 2.75 bits per heavy atom. The van der Waals surface area contributed by atoms with E-state index < -0.39 is 0 Å². The molecule has 1 N–H and O–H groups in total. The van der Waals surface area contributed by atoms with Crippen LogP contribution in [-0.4, -0.2) is 21.4 Å². The lowest BCUT2D eigenvalue weighted by molar-refractivity contribution is 0.352. The maximum Gasteiger partial charge on any atom is 0.143 e. The summed E-state index contributed by atoms with van der Waals surface area (Å²) >= 11 is 8.38. The van der Waals surface area contributed by atoms with E-state index in [9.17, 15) is 0 Å². The lowest BCUT2D eigenvalue weighted by Gasteiger charge is -2.37. The molecule has 0 atom stereocenters. The summed E-state index contributed by atoms with van der Waals surface area (Å²) in [4.78, 5) is 8.27. The van der Waals surface area contributed by atoms with Gasteiger partial charge in [0.05, 0.1) is 9.11 Å². The fourth-order valence-corrected chi connectivity index (χ4v) is 2.95. The van der Waals surface area contributed by atoms with Gasteiger partial charge in [-0.1, -0.05) is 19.3 Å². The highest BCUT2D eigenvalue weighted by atomic mass is 127. The second kappa shape index (κ2) is 5.49. The Balaban J connectivity index is 2.15. The van der Waals surface area contributed by atoms with Crippen molar-refractivity contribution in [2.24, 2.45) is 0 Å². The van der Waals surface area contributed by atoms with Crippen LogP contribution in [0.5, 0.6) is 0 Å². The number of anilines is 1. The average Bonchev–Trinajstić information content (AvgIpc) is 2.33. The van der Waals surface area contributed by atoms with Crippen molar-refractivity contribution >= 4 is 40.0 Å². The van der Waals surface area contributed by atoms with Crippen LogP contribution < -0.4 is 5.32 Å². The molecule has 1 fully saturated rings. The van der Waals surface area contributed by atoms with E-state index in [1.165, 1.54) is 19.3 Å². The average molecular weight is 352 g/mol. The van der Waals surface area contributed by atoms with Crippen LogP contribution in [0.25, 0.3) is 0 Å². The smallest absolute Gasteiger partial charge is 0.143 e. The Bertz CT molecular complexity index is 353. The van der Waals surface area contributed by atoms with Gasteiger partial charge in [-0.2, -0.15) is 0 Å². The summed E-state index contributed by atoms with van der Waals surface area (Å²) in [5.74, 6) is 1.56. The van der Waals surface area contributed by atoms with Crippen molar-refractivity contribution in [1.29, 1.82) is 0 Å². The summed E-state index contributed by atoms with van der Waals surface area (Å²) in [7, 11) is 0. The minimum atomic E-state index is 0.0358. The molecule has 0 spiro atoms. The molecule has 0 aromatic carbocycles. The highest BCUT2D eigenvalue weighted by Gasteiger charge is 2.31. The van der Waals surface area contributed by atoms with Crippen LogP contribution in [0.4, 0.5) is 5.82 Å². The Hall–Kier alpha value is -0.100. The van der Waals surface area contributed by atoms with E-state index in [1.54, 1.807) is 6.33 Å². The van der Waals surface area contributed by atoms with Crippen LogP contribution in [0, 0.1) is 3.57 Å². The third kappa shape index (κ3) is 2.77. The maximum atomic E-state index is 6.13. The second-order valence-electron chi connectivity index (χ2n) is 4.32. The number of alkyl halides is 1. The van der Waals surface area contributed by atoms with Gasteiger partial charge in [0.15, 0.2) is 0 Å². The topological polar surface area (TPSA) is 37.8 Å². The lowest BCUT2D eigenvalue weighted by Crippen LogP contribution is -2.42. The van der Waals surface area contributed by atoms with Gasteiger partial charge < -0.3 is 5.32 Å². The van der Waals surface area contributed by atoms with Crippen molar-refractivity contribution in [3.63, 3.8) is 0 Å². The summed E-state index contributed by atoms with van der Waals surface area (Å²) in [6, 6.07) is 0. The van der Waals surface area contributed by atoms with Crippen LogP contribution in [0.3, 0.4) is 0 Å². The Labute approximate surface area is 115 Å². The number of hydrogen-bond donors (Lipinski definition) is 1. The number of nitrogens with zero attached hydrogens (tertiary/aromatic N) is 2. The quantitative estimate of drug-likeness (QED) is 0.670. The molecule has 0 amide bonds. The molecule has 88 valence electrons. The molecule has 0 bridgehead atoms. The summed E-state index contributed by atoms with van der Waals surface area (Å²) < 4.78 is 1.05. The molecular weight excluding hydrogens is 336 g/mol. The molecule has 0 aliphatic heterocycles. The van der Waals surface area contributed by atoms with Gasteiger partial charge >= 0.3 is 0 Å². The molecule has 1 aromatic heterocycles. The summed E-state index contributed by atoms with van der Waals surface area (Å²) in [5.41, 5.74) is 0.0358. The number of nitrogens with one attached hydrogen (secondary N) is 1. The maximum absolute atomic E-state index is 6.13. The van der Waals surface area contributed by atoms with Crippen molar-refractivity contribution < 1.29 is 0 Å². The molecule has 0 unspecified atom stereocenters. The van der Waals surface area contributed by atoms with Crippen LogP contribution in [0.15, 0.2) is 12.5 Å². The van der Waals surface area contributed by atoms with E-state index >= 15 is 0 Å². The zero-order valence-corrected chi connectivity index (χ0v) is 12.0. The molecular formula is C11H15ClIN3. The number of hydrogen-bond acceptors (Lipinski definition) is 3. The third-order valence-electron chi connectivity index (χ3n) is 3.12. The van der Waals surface area contributed by atoms with Crippen molar-refractivity contribution in [3.05, 3.63) is 16.1 Å². The van der Waals surface area contributed by atoms with Crippen molar-refractivity contribution in [1.82, 2.24) is 9.97 Å². The first-order valence-corrected chi connectivity index (χ1v) is 7.17. The van der Waals surface area contributed by atoms with E-state index in [0.717, 1.165) is 22.2 Å². The molecule has 16 heavy (non-hydrogen) atoms. The predicted octanol–water partition coefficient (Wildman–Crippen LogP) is 3.43. The van der Waals surface area contributed by atoms with Gasteiger partial charge in [0.2, 0.25) is 0 Å². The first kappa shape index (κ1) is 12.4. The second-order valence-corrected chi connectivity index (χ2v) is 5.75. The Morgan fingerprint density at radius 2 is 2.12 bits per heavy atom. The molecule has 1 aliphatic rings. The van der Waals surface area contributed by atoms with Crippen LogP contribution in [0.1, 0.15) is 32.1 Å². The molecule has 5 heteroatoms. The van der Waals surface area contributed by atoms with E-state index in [-0.39, 0.29) is 5.54 Å². The van der Waals surface area contributed by atoms with Crippen molar-refractivity contribution in [3.8, 4) is 0 Å². The highest BCUT2D eigenvalue weighted by Crippen LogP contribution is 2.33. The number of halogens is 2. The molecule has 1 heterocycles. The van der Waals surface area contributed by atoms with Crippen LogP contribution in [-0.2, 0) is 0 Å². The van der Waals surface area contributed by atoms with Gasteiger partial charge in [0, 0.05) is 12.1 Å². The Kier molecular flexibility index (Phi) is 4.24. The van der Waals surface area contributed by atoms with Gasteiger partial charge in [-0.15, -0.1) is 11.6 Å². The minimum absolute atomic E-state index is 0.0358. The van der Waals surface area contributed by atoms with E-state index in [0.29, 0.717) is 5.88 Å². The van der Waals surface area contributed by atoms with Gasteiger partial charge in [-0.05, 0) is 35.4 Å². The molecule has 1 aromatic rings. The van der Waals surface area contributed by atoms with Gasteiger partial charge in [-0.25, -0.2) is 9.97 Å². The first-order chi connectivity index (χ1) is 7.76.